The number of imidazole rings is 1. The monoisotopic (exact) mass is 1790 g/mol. The van der Waals surface area contributed by atoms with Crippen LogP contribution in [0, 0.1) is 17.8 Å². The number of hydrogen-bond acceptors (Lipinski definition) is 32. The summed E-state index contributed by atoms with van der Waals surface area (Å²) in [6, 6.07) is 14.0. The molecule has 46 nitrogen and oxygen atoms in total. The van der Waals surface area contributed by atoms with Crippen LogP contribution in [-0.4, -0.2) is 291 Å². The second-order valence-electron chi connectivity index (χ2n) is 27.4. The first-order valence-electron chi connectivity index (χ1n) is 38.1. The molecule has 14 atom stereocenters. The number of carboxylic acids is 13. The SMILES string of the molecule is CC(C)C[C@H](N)C(=O)O.CC(C)[C@H](N)C(=O)O.CC[C@H](C)[C@H](N)C(=O)O.CSCC[C@H](N)C(=O)O.C[C@@H](O)[C@H](N)C(=O)O.NCC(=O)O.NCCCC[C@H](N)C(=O)O.N[C@@H](CO)C(=O)O.N[C@@H](Cc1c[nH]c2ccccc12)C(=O)O.N[C@@H](Cc1ccc(O)cc1)C(=O)O.N[C@@H](Cc1ccccc1)C(=O)O.N[C@@H](Cc1cnc[nH]1)C(=O)O.O=C(O)[C@@H]1CCCN1. The van der Waals surface area contributed by atoms with E-state index in [9.17, 15) is 62.3 Å². The number of H-pyrrole nitrogens is 2. The van der Waals surface area contributed by atoms with Gasteiger partial charge in [0.15, 0.2) is 0 Å². The Morgan fingerprint density at radius 2 is 0.911 bits per heavy atom. The Bertz CT molecular complexity index is 3700. The summed E-state index contributed by atoms with van der Waals surface area (Å²) in [5.74, 6) is -11.2. The molecule has 0 radical (unpaired) electrons. The molecular weight excluding hydrogens is 1660 g/mol. The van der Waals surface area contributed by atoms with Gasteiger partial charge >= 0.3 is 77.6 Å². The van der Waals surface area contributed by atoms with E-state index >= 15 is 0 Å². The van der Waals surface area contributed by atoms with Gasteiger partial charge in [0.05, 0.1) is 25.6 Å². The van der Waals surface area contributed by atoms with Gasteiger partial charge in [-0.15, -0.1) is 0 Å². The molecule has 47 heteroatoms. The topological polar surface area (TPSA) is 940 Å². The number of phenolic OH excluding ortho intramolecular Hbond substituents is 1. The number of thioether (sulfide) groups is 1. The van der Waals surface area contributed by atoms with E-state index in [2.05, 4.69) is 26.0 Å². The van der Waals surface area contributed by atoms with Crippen LogP contribution in [0.4, 0.5) is 0 Å². The number of aliphatic carboxylic acids is 13. The van der Waals surface area contributed by atoms with E-state index < -0.39 is 157 Å². The number of aromatic amines is 2. The molecule has 0 unspecified atom stereocenters. The number of aliphatic hydroxyl groups excluding tert-OH is 2. The van der Waals surface area contributed by atoms with Crippen LogP contribution in [0.15, 0.2) is 97.6 Å². The summed E-state index contributed by atoms with van der Waals surface area (Å²) in [6.07, 6.45) is 13.0. The molecular formula is C77H135N17O29S. The maximum atomic E-state index is 10.6. The highest BCUT2D eigenvalue weighted by Crippen LogP contribution is 2.19. The molecule has 1 fully saturated rings. The molecule has 0 bridgehead atoms. The highest BCUT2D eigenvalue weighted by atomic mass is 32.2. The van der Waals surface area contributed by atoms with Crippen LogP contribution in [0.3, 0.4) is 0 Å². The van der Waals surface area contributed by atoms with Gasteiger partial charge in [0, 0.05) is 41.8 Å². The lowest BCUT2D eigenvalue weighted by Crippen LogP contribution is -2.39. The average Bonchev–Trinajstić information content (AvgIpc) is 1.69. The lowest BCUT2D eigenvalue weighted by Gasteiger charge is -2.11. The fraction of sp³-hybridized carbons (Fsp3) is 0.532. The van der Waals surface area contributed by atoms with Gasteiger partial charge in [-0.2, -0.15) is 11.8 Å². The van der Waals surface area contributed by atoms with Crippen molar-refractivity contribution >= 4 is 100 Å². The number of para-hydroxylation sites is 1. The Morgan fingerprint density at radius 1 is 0.492 bits per heavy atom. The summed E-state index contributed by atoms with van der Waals surface area (Å²) < 4.78 is 0. The van der Waals surface area contributed by atoms with Crippen molar-refractivity contribution in [2.75, 3.05) is 38.2 Å². The Kier molecular flexibility index (Phi) is 77.1. The van der Waals surface area contributed by atoms with E-state index in [1.54, 1.807) is 43.9 Å². The number of rotatable bonds is 35. The van der Waals surface area contributed by atoms with Crippen molar-refractivity contribution in [2.24, 2.45) is 92.3 Å². The molecule has 0 saturated carbocycles. The lowest BCUT2D eigenvalue weighted by atomic mass is 10.0. The number of nitrogens with two attached hydrogens (primary N) is 13. The van der Waals surface area contributed by atoms with Crippen LogP contribution < -0.4 is 79.9 Å². The predicted molar refractivity (Wildman–Crippen MR) is 462 cm³/mol. The van der Waals surface area contributed by atoms with Crippen LogP contribution in [-0.2, 0) is 88.0 Å². The summed E-state index contributed by atoms with van der Waals surface area (Å²) in [5.41, 5.74) is 71.4. The number of hydrogen-bond donors (Lipinski definition) is 32. The third-order valence-electron chi connectivity index (χ3n) is 15.7. The molecule has 6 rings (SSSR count). The number of phenols is 1. The highest BCUT2D eigenvalue weighted by molar-refractivity contribution is 7.98. The molecule has 3 aromatic carbocycles. The minimum Gasteiger partial charge on any atom is -0.508 e. The van der Waals surface area contributed by atoms with E-state index in [0.717, 1.165) is 77.7 Å². The largest absolute Gasteiger partial charge is 0.508 e. The smallest absolute Gasteiger partial charge is 0.323 e. The number of aromatic hydroxyl groups is 1. The lowest BCUT2D eigenvalue weighted by molar-refractivity contribution is -0.141. The van der Waals surface area contributed by atoms with Gasteiger partial charge in [0.2, 0.25) is 0 Å². The van der Waals surface area contributed by atoms with E-state index in [0.29, 0.717) is 44.6 Å². The second kappa shape index (κ2) is 75.7. The standard InChI is InChI=1S/C11H12N2O2.C9H11NO3.C9H11NO2.C6H9N3O2.C6H14N2O2.2C6H13NO2.C5H11NO2S.C5H9NO2.C5H11NO2.C4H9NO3.C3H7NO3.C2H5NO2/c12-9(11(14)15)5-7-6-13-10-4-2-1-3-8(7)10;10-8(9(12)13)5-6-1-3-7(11)4-2-6;10-8(9(11)12)6-7-4-2-1-3-5-7;7-5(6(10)11)1-4-2-8-3-9-4;7-4-2-1-3-5(8)6(9)10;1-4(2)3-5(7)6(8)9;1-3-4(2)5(7)6(8)9;1-9-3-2-4(6)5(7)8;7-5(8)4-2-1-3-6-4;1-3(2)4(6)5(7)8;1-2(6)3(5)4(7)8;4-2(1-5)3(6)7;3-1-2(4)5/h1-4,6,9,13H,5,12H2,(H,14,15);1-4,8,11H,5,10H2,(H,12,13);1-5,8H,6,10H2,(H,11,12);2-3,5H,1,7H2,(H,8,9)(H,10,11);5H,1-4,7-8H2,(H,9,10);2*4-5H,3,7H2,1-2H3,(H,8,9);4H,2-3,6H2,1H3,(H,7,8);4,6H,1-3H2,(H,7,8);3-4H,6H2,1-2H3,(H,7,8);2-3,6H,5H2,1H3,(H,7,8);2,5H,1,4H2,(H,6,7);1,3H2,(H,4,5)/t9-;2*8-;3*5-;4-,5-;3*4-;2-,3+;2-;/m000000000010./s1. The number of aliphatic hydroxyl groups is 2. The fourth-order valence-corrected chi connectivity index (χ4v) is 8.33. The maximum Gasteiger partial charge on any atom is 0.323 e. The van der Waals surface area contributed by atoms with E-state index in [-0.39, 0.29) is 43.0 Å². The zero-order valence-electron chi connectivity index (χ0n) is 70.8. The van der Waals surface area contributed by atoms with E-state index in [1.165, 1.54) is 25.4 Å². The molecule has 5 aromatic rings. The van der Waals surface area contributed by atoms with Crippen molar-refractivity contribution in [3.63, 3.8) is 0 Å². The van der Waals surface area contributed by atoms with Crippen molar-refractivity contribution in [2.45, 2.75) is 204 Å². The van der Waals surface area contributed by atoms with E-state index in [1.807, 2.05) is 94.7 Å². The Hall–Kier alpha value is -11.0. The summed E-state index contributed by atoms with van der Waals surface area (Å²) >= 11 is 1.60. The molecule has 0 aliphatic carbocycles. The first-order chi connectivity index (χ1) is 57.5. The van der Waals surface area contributed by atoms with Crippen molar-refractivity contribution in [3.05, 3.63) is 120 Å². The first kappa shape index (κ1) is 126. The molecule has 0 amide bonds. The average molecular weight is 1800 g/mol. The summed E-state index contributed by atoms with van der Waals surface area (Å²) in [7, 11) is 0. The molecule has 3 heterocycles. The van der Waals surface area contributed by atoms with Crippen molar-refractivity contribution in [3.8, 4) is 5.75 Å². The van der Waals surface area contributed by atoms with Gasteiger partial charge < -0.3 is 172 Å². The number of aromatic nitrogens is 3. The molecule has 708 valence electrons. The number of benzene rings is 3. The maximum absolute atomic E-state index is 10.6. The van der Waals surface area contributed by atoms with Gasteiger partial charge in [0.1, 0.15) is 78.3 Å². The second-order valence-corrected chi connectivity index (χ2v) is 28.4. The van der Waals surface area contributed by atoms with Crippen LogP contribution in [0.1, 0.15) is 122 Å². The third kappa shape index (κ3) is 72.6. The Labute approximate surface area is 722 Å². The number of nitrogens with zero attached hydrogens (tertiary/aromatic N) is 1. The molecule has 1 aliphatic heterocycles. The minimum atomic E-state index is -1.18. The van der Waals surface area contributed by atoms with Gasteiger partial charge in [-0.25, -0.2) is 4.98 Å². The summed E-state index contributed by atoms with van der Waals surface area (Å²) in [6.45, 7) is 13.2. The van der Waals surface area contributed by atoms with Crippen molar-refractivity contribution in [1.82, 2.24) is 20.3 Å². The first-order valence-corrected chi connectivity index (χ1v) is 39.4. The van der Waals surface area contributed by atoms with Gasteiger partial charge in [0.25, 0.3) is 0 Å². The normalized spacial score (nSPS) is 14.3. The highest BCUT2D eigenvalue weighted by Gasteiger charge is 2.22. The molecule has 1 saturated heterocycles. The Morgan fingerprint density at radius 3 is 1.21 bits per heavy atom. The van der Waals surface area contributed by atoms with Gasteiger partial charge in [-0.1, -0.05) is 115 Å². The summed E-state index contributed by atoms with van der Waals surface area (Å²) in [5, 5.41) is 137. The third-order valence-corrected chi connectivity index (χ3v) is 16.4. The summed E-state index contributed by atoms with van der Waals surface area (Å²) in [4.78, 5) is 141. The number of fused-ring (bicyclic) bond motifs is 1. The minimum absolute atomic E-state index is 0.0208. The number of nitrogens with one attached hydrogen (secondary N) is 3. The number of unbranched alkanes of at least 4 members (excludes halogenated alkanes) is 1. The van der Waals surface area contributed by atoms with Crippen LogP contribution in [0.25, 0.3) is 10.9 Å². The zero-order chi connectivity index (χ0) is 97.7. The van der Waals surface area contributed by atoms with Crippen molar-refractivity contribution in [1.29, 1.82) is 0 Å². The molecule has 45 N–H and O–H groups in total. The number of carbonyl (C=O) groups is 13. The zero-order valence-corrected chi connectivity index (χ0v) is 71.6. The van der Waals surface area contributed by atoms with Crippen LogP contribution >= 0.6 is 11.8 Å². The molecule has 1 aliphatic rings. The van der Waals surface area contributed by atoms with Gasteiger partial charge in [-0.05, 0) is 136 Å². The van der Waals surface area contributed by atoms with E-state index in [4.69, 9.17) is 151 Å². The molecule has 0 spiro atoms. The van der Waals surface area contributed by atoms with Gasteiger partial charge in [-0.3, -0.25) is 62.3 Å². The molecule has 124 heavy (non-hydrogen) atoms. The molecule has 2 aromatic heterocycles. The van der Waals surface area contributed by atoms with Crippen molar-refractivity contribution < 1.29 is 144 Å². The Balaban J connectivity index is -0.000000241. The van der Waals surface area contributed by atoms with Crippen LogP contribution in [0.2, 0.25) is 0 Å². The predicted octanol–water partition coefficient (Wildman–Crippen LogP) is -1.88. The quantitative estimate of drug-likeness (QED) is 0.0197. The fourth-order valence-electron chi connectivity index (χ4n) is 7.85. The number of carboxylic acid groups (broad SMARTS) is 13. The van der Waals surface area contributed by atoms with Crippen LogP contribution in [0.5, 0.6) is 5.75 Å².